The molecule has 0 aromatic heterocycles. The van der Waals surface area contributed by atoms with Crippen LogP contribution in [0.5, 0.6) is 0 Å². The summed E-state index contributed by atoms with van der Waals surface area (Å²) in [7, 11) is 0. The fourth-order valence-corrected chi connectivity index (χ4v) is 4.22. The van der Waals surface area contributed by atoms with Gasteiger partial charge in [-0.1, -0.05) is 27.7 Å². The van der Waals surface area contributed by atoms with E-state index in [1.165, 1.54) is 51.9 Å². The van der Waals surface area contributed by atoms with E-state index in [0.29, 0.717) is 12.0 Å². The Labute approximate surface area is 154 Å². The van der Waals surface area contributed by atoms with Crippen LogP contribution in [0.25, 0.3) is 0 Å². The van der Waals surface area contributed by atoms with Crippen LogP contribution >= 0.6 is 0 Å². The first kappa shape index (κ1) is 20.5. The minimum Gasteiger partial charge on any atom is -0.337 e. The standard InChI is InChI=1S/C20H40N4O/c1-16(2)19(24-11-7-17(3)8-12-24)14-22-20(25)21-9-13-23-10-5-6-18(4)15-23/h16-19H,5-15H2,1-4H3,(H2,21,22,25). The molecule has 2 atom stereocenters. The van der Waals surface area contributed by atoms with E-state index in [2.05, 4.69) is 48.1 Å². The zero-order valence-corrected chi connectivity index (χ0v) is 16.9. The summed E-state index contributed by atoms with van der Waals surface area (Å²) in [6.07, 6.45) is 5.20. The molecule has 2 amide bonds. The van der Waals surface area contributed by atoms with Crippen LogP contribution in [-0.2, 0) is 0 Å². The lowest BCUT2D eigenvalue weighted by Gasteiger charge is -2.38. The highest BCUT2D eigenvalue weighted by atomic mass is 16.2. The van der Waals surface area contributed by atoms with Gasteiger partial charge in [-0.2, -0.15) is 0 Å². The minimum atomic E-state index is -0.0129. The average Bonchev–Trinajstić information content (AvgIpc) is 2.56. The molecule has 2 N–H and O–H groups in total. The van der Waals surface area contributed by atoms with Gasteiger partial charge in [-0.15, -0.1) is 0 Å². The molecule has 146 valence electrons. The van der Waals surface area contributed by atoms with Gasteiger partial charge in [0.25, 0.3) is 0 Å². The number of rotatable bonds is 7. The topological polar surface area (TPSA) is 47.6 Å². The highest BCUT2D eigenvalue weighted by Gasteiger charge is 2.25. The van der Waals surface area contributed by atoms with E-state index in [9.17, 15) is 4.79 Å². The summed E-state index contributed by atoms with van der Waals surface area (Å²) in [5, 5.41) is 6.15. The number of nitrogens with one attached hydrogen (secondary N) is 2. The van der Waals surface area contributed by atoms with Crippen molar-refractivity contribution in [3.8, 4) is 0 Å². The van der Waals surface area contributed by atoms with Gasteiger partial charge in [-0.25, -0.2) is 4.79 Å². The van der Waals surface area contributed by atoms with E-state index in [1.807, 2.05) is 0 Å². The first-order valence-corrected chi connectivity index (χ1v) is 10.4. The smallest absolute Gasteiger partial charge is 0.314 e. The molecule has 2 aliphatic heterocycles. The lowest BCUT2D eigenvalue weighted by molar-refractivity contribution is 0.108. The number of amides is 2. The van der Waals surface area contributed by atoms with Gasteiger partial charge in [-0.3, -0.25) is 4.90 Å². The Morgan fingerprint density at radius 1 is 1.04 bits per heavy atom. The number of hydrogen-bond acceptors (Lipinski definition) is 3. The fraction of sp³-hybridized carbons (Fsp3) is 0.950. The first-order valence-electron chi connectivity index (χ1n) is 10.4. The molecule has 0 radical (unpaired) electrons. The van der Waals surface area contributed by atoms with Crippen molar-refractivity contribution in [2.45, 2.75) is 59.4 Å². The lowest BCUT2D eigenvalue weighted by atomic mass is 9.94. The number of carbonyl (C=O) groups is 1. The quantitative estimate of drug-likeness (QED) is 0.741. The van der Waals surface area contributed by atoms with Crippen LogP contribution in [0.3, 0.4) is 0 Å². The van der Waals surface area contributed by atoms with Gasteiger partial charge >= 0.3 is 6.03 Å². The molecule has 25 heavy (non-hydrogen) atoms. The highest BCUT2D eigenvalue weighted by molar-refractivity contribution is 5.73. The second kappa shape index (κ2) is 10.4. The Bertz CT molecular complexity index is 393. The van der Waals surface area contributed by atoms with Crippen molar-refractivity contribution < 1.29 is 4.79 Å². The zero-order chi connectivity index (χ0) is 18.2. The maximum Gasteiger partial charge on any atom is 0.314 e. The van der Waals surface area contributed by atoms with E-state index < -0.39 is 0 Å². The molecule has 0 aliphatic carbocycles. The molecule has 2 saturated heterocycles. The maximum atomic E-state index is 12.2. The molecule has 5 nitrogen and oxygen atoms in total. The third-order valence-electron chi connectivity index (χ3n) is 5.98. The molecule has 2 aliphatic rings. The van der Waals surface area contributed by atoms with Gasteiger partial charge in [0.05, 0.1) is 0 Å². The Morgan fingerprint density at radius 2 is 1.76 bits per heavy atom. The van der Waals surface area contributed by atoms with Gasteiger partial charge in [-0.05, 0) is 63.1 Å². The molecular weight excluding hydrogens is 312 g/mol. The van der Waals surface area contributed by atoms with Crippen LogP contribution in [0.4, 0.5) is 4.79 Å². The van der Waals surface area contributed by atoms with Gasteiger partial charge in [0.1, 0.15) is 0 Å². The Morgan fingerprint density at radius 3 is 2.40 bits per heavy atom. The minimum absolute atomic E-state index is 0.0129. The first-order chi connectivity index (χ1) is 12.0. The molecule has 0 aromatic carbocycles. The summed E-state index contributed by atoms with van der Waals surface area (Å²) in [5.41, 5.74) is 0. The van der Waals surface area contributed by atoms with Crippen LogP contribution in [0, 0.1) is 17.8 Å². The van der Waals surface area contributed by atoms with E-state index in [4.69, 9.17) is 0 Å². The maximum absolute atomic E-state index is 12.2. The predicted octanol–water partition coefficient (Wildman–Crippen LogP) is 2.77. The summed E-state index contributed by atoms with van der Waals surface area (Å²) < 4.78 is 0. The highest BCUT2D eigenvalue weighted by Crippen LogP contribution is 2.21. The van der Waals surface area contributed by atoms with Crippen LogP contribution < -0.4 is 10.6 Å². The number of carbonyl (C=O) groups excluding carboxylic acids is 1. The van der Waals surface area contributed by atoms with E-state index in [-0.39, 0.29) is 6.03 Å². The third kappa shape index (κ3) is 7.14. The van der Waals surface area contributed by atoms with Crippen molar-refractivity contribution in [1.82, 2.24) is 20.4 Å². The Balaban J connectivity index is 1.64. The van der Waals surface area contributed by atoms with Crippen LogP contribution in [-0.4, -0.2) is 67.7 Å². The second-order valence-electron chi connectivity index (χ2n) is 8.71. The summed E-state index contributed by atoms with van der Waals surface area (Å²) in [5.74, 6) is 2.20. The zero-order valence-electron chi connectivity index (χ0n) is 16.9. The molecule has 0 bridgehead atoms. The van der Waals surface area contributed by atoms with Crippen molar-refractivity contribution >= 4 is 6.03 Å². The van der Waals surface area contributed by atoms with Crippen LogP contribution in [0.15, 0.2) is 0 Å². The Kier molecular flexibility index (Phi) is 8.50. The number of urea groups is 1. The lowest BCUT2D eigenvalue weighted by Crippen LogP contribution is -2.51. The van der Waals surface area contributed by atoms with Crippen molar-refractivity contribution in [3.63, 3.8) is 0 Å². The SMILES string of the molecule is CC1CCN(C(CNC(=O)NCCN2CCCC(C)C2)C(C)C)CC1. The number of hydrogen-bond donors (Lipinski definition) is 2. The van der Waals surface area contributed by atoms with E-state index >= 15 is 0 Å². The molecule has 5 heteroatoms. The third-order valence-corrected chi connectivity index (χ3v) is 5.98. The van der Waals surface area contributed by atoms with Crippen molar-refractivity contribution in [3.05, 3.63) is 0 Å². The molecule has 2 rings (SSSR count). The predicted molar refractivity (Wildman–Crippen MR) is 105 cm³/mol. The largest absolute Gasteiger partial charge is 0.337 e. The average molecular weight is 353 g/mol. The number of nitrogens with zero attached hydrogens (tertiary/aromatic N) is 2. The molecular formula is C20H40N4O. The molecule has 2 fully saturated rings. The second-order valence-corrected chi connectivity index (χ2v) is 8.71. The van der Waals surface area contributed by atoms with Crippen molar-refractivity contribution in [1.29, 1.82) is 0 Å². The fourth-order valence-electron chi connectivity index (χ4n) is 4.22. The summed E-state index contributed by atoms with van der Waals surface area (Å²) in [4.78, 5) is 17.2. The monoisotopic (exact) mass is 352 g/mol. The summed E-state index contributed by atoms with van der Waals surface area (Å²) in [6.45, 7) is 16.3. The number of likely N-dealkylation sites (tertiary alicyclic amines) is 2. The number of piperidine rings is 2. The molecule has 0 aromatic rings. The normalized spacial score (nSPS) is 25.1. The molecule has 2 unspecified atom stereocenters. The summed E-state index contributed by atoms with van der Waals surface area (Å²) in [6, 6.07) is 0.433. The van der Waals surface area contributed by atoms with Crippen LogP contribution in [0.2, 0.25) is 0 Å². The van der Waals surface area contributed by atoms with E-state index in [1.54, 1.807) is 0 Å². The van der Waals surface area contributed by atoms with Gasteiger partial charge in [0, 0.05) is 32.2 Å². The van der Waals surface area contributed by atoms with Crippen molar-refractivity contribution in [2.24, 2.45) is 17.8 Å². The van der Waals surface area contributed by atoms with Gasteiger partial charge in [0.2, 0.25) is 0 Å². The van der Waals surface area contributed by atoms with Gasteiger partial charge < -0.3 is 15.5 Å². The van der Waals surface area contributed by atoms with Crippen LogP contribution in [0.1, 0.15) is 53.4 Å². The van der Waals surface area contributed by atoms with Gasteiger partial charge in [0.15, 0.2) is 0 Å². The Hall–Kier alpha value is -0.810. The molecule has 0 spiro atoms. The van der Waals surface area contributed by atoms with E-state index in [0.717, 1.165) is 31.5 Å². The molecule has 0 saturated carbocycles. The summed E-state index contributed by atoms with van der Waals surface area (Å²) >= 11 is 0. The van der Waals surface area contributed by atoms with Crippen molar-refractivity contribution in [2.75, 3.05) is 45.8 Å². The molecule has 2 heterocycles.